The topological polar surface area (TPSA) is 0 Å². The predicted octanol–water partition coefficient (Wildman–Crippen LogP) is 12.7. The molecule has 1 aromatic rings. The molecule has 0 heterocycles. The van der Waals surface area contributed by atoms with Gasteiger partial charge < -0.3 is 0 Å². The molecule has 0 aromatic heterocycles. The van der Waals surface area contributed by atoms with Crippen molar-refractivity contribution in [2.24, 2.45) is 0 Å². The van der Waals surface area contributed by atoms with Gasteiger partial charge in [0.15, 0.2) is 17.3 Å². The fourth-order valence-electron chi connectivity index (χ4n) is 2.26. The molecule has 0 radical (unpaired) electrons. The van der Waals surface area contributed by atoms with Crippen molar-refractivity contribution in [3.63, 3.8) is 0 Å². The third kappa shape index (κ3) is 6.21. The molecule has 33 heavy (non-hydrogen) atoms. The smallest absolute Gasteiger partial charge is 0.0943 e. The predicted molar refractivity (Wildman–Crippen MR) is 156 cm³/mol. The third-order valence-electron chi connectivity index (χ3n) is 4.23. The highest BCUT2D eigenvalue weighted by Gasteiger charge is 2.70. The van der Waals surface area contributed by atoms with Crippen LogP contribution in [0.25, 0.3) is 0 Å². The highest BCUT2D eigenvalue weighted by atomic mass is 35.6. The Balaban J connectivity index is 3.80. The van der Waals surface area contributed by atoms with E-state index in [4.69, 9.17) is 209 Å². The van der Waals surface area contributed by atoms with E-state index in [1.54, 1.807) is 6.92 Å². The molecule has 0 aliphatic heterocycles. The first kappa shape index (κ1) is 35.5. The molecule has 0 aliphatic carbocycles. The van der Waals surface area contributed by atoms with Gasteiger partial charge in [0.25, 0.3) is 0 Å². The normalized spacial score (nSPS) is 15.7. The van der Waals surface area contributed by atoms with Crippen molar-refractivity contribution >= 4 is 209 Å². The van der Waals surface area contributed by atoms with Crippen molar-refractivity contribution in [1.29, 1.82) is 0 Å². The van der Waals surface area contributed by atoms with E-state index in [9.17, 15) is 0 Å². The van der Waals surface area contributed by atoms with E-state index < -0.39 is 33.6 Å². The summed E-state index contributed by atoms with van der Waals surface area (Å²) in [6, 6.07) is 4.02. The molecular formula is C15H6Cl18. The number of rotatable bonds is 6. The number of alkyl halides is 18. The van der Waals surface area contributed by atoms with Crippen LogP contribution in [0.15, 0.2) is 18.2 Å². The van der Waals surface area contributed by atoms with E-state index in [1.807, 2.05) is 0 Å². The van der Waals surface area contributed by atoms with Crippen molar-refractivity contribution in [1.82, 2.24) is 0 Å². The van der Waals surface area contributed by atoms with Crippen LogP contribution in [0.4, 0.5) is 0 Å². The first-order valence-electron chi connectivity index (χ1n) is 7.64. The monoisotopic (exact) mass is 815 g/mol. The molecule has 0 unspecified atom stereocenters. The molecular weight excluding hydrogens is 818 g/mol. The fourth-order valence-corrected chi connectivity index (χ4v) is 6.84. The molecule has 0 saturated heterocycles. The largest absolute Gasteiger partial charge is 0.226 e. The lowest BCUT2D eigenvalue weighted by atomic mass is 9.95. The van der Waals surface area contributed by atoms with Gasteiger partial charge in [-0.25, -0.2) is 0 Å². The van der Waals surface area contributed by atoms with Crippen molar-refractivity contribution in [2.45, 2.75) is 40.5 Å². The lowest BCUT2D eigenvalue weighted by Gasteiger charge is -2.45. The summed E-state index contributed by atoms with van der Waals surface area (Å²) in [7, 11) is 0. The van der Waals surface area contributed by atoms with Gasteiger partial charge in [0.2, 0.25) is 16.3 Å². The van der Waals surface area contributed by atoms with E-state index in [2.05, 4.69) is 0 Å². The second kappa shape index (κ2) is 11.0. The Hall–Kier alpha value is 4.44. The Labute approximate surface area is 280 Å². The molecule has 0 bridgehead atoms. The first-order valence-corrected chi connectivity index (χ1v) is 14.4. The summed E-state index contributed by atoms with van der Waals surface area (Å²) in [5.41, 5.74) is 0.243. The van der Waals surface area contributed by atoms with Crippen LogP contribution in [0, 0.1) is 6.92 Å². The molecule has 192 valence electrons. The Morgan fingerprint density at radius 3 is 1.12 bits per heavy atom. The van der Waals surface area contributed by atoms with Crippen LogP contribution in [0.3, 0.4) is 0 Å². The van der Waals surface area contributed by atoms with Gasteiger partial charge in [-0.05, 0) is 29.7 Å². The van der Waals surface area contributed by atoms with Crippen LogP contribution in [0.5, 0.6) is 0 Å². The average Bonchev–Trinajstić information content (AvgIpc) is 2.59. The molecule has 1 rings (SSSR count). The van der Waals surface area contributed by atoms with Gasteiger partial charge in [-0.15, -0.1) is 0 Å². The molecule has 0 nitrogen and oxygen atoms in total. The highest BCUT2D eigenvalue weighted by molar-refractivity contribution is 6.81. The van der Waals surface area contributed by atoms with Gasteiger partial charge in [0.05, 0.1) is 0 Å². The van der Waals surface area contributed by atoms with Crippen molar-refractivity contribution in [3.8, 4) is 0 Å². The third-order valence-corrected chi connectivity index (χ3v) is 15.2. The summed E-state index contributed by atoms with van der Waals surface area (Å²) in [6.45, 7) is 1.56. The summed E-state index contributed by atoms with van der Waals surface area (Å²) in [5.74, 6) is 0. The van der Waals surface area contributed by atoms with E-state index in [0.29, 0.717) is 5.56 Å². The zero-order chi connectivity index (χ0) is 26.9. The molecule has 0 amide bonds. The zero-order valence-electron chi connectivity index (χ0n) is 15.0. The molecule has 0 spiro atoms. The van der Waals surface area contributed by atoms with Gasteiger partial charge in [0, 0.05) is 0 Å². The van der Waals surface area contributed by atoms with Crippen molar-refractivity contribution in [3.05, 3.63) is 34.9 Å². The minimum Gasteiger partial charge on any atom is -0.0943 e. The van der Waals surface area contributed by atoms with Gasteiger partial charge in [-0.1, -0.05) is 221 Å². The number of halogens is 18. The summed E-state index contributed by atoms with van der Waals surface area (Å²) < 4.78 is -19.9. The Kier molecular flexibility index (Phi) is 11.8. The number of hydrogen-bond acceptors (Lipinski definition) is 0. The molecule has 0 saturated carbocycles. The lowest BCUT2D eigenvalue weighted by Crippen LogP contribution is -2.55. The molecule has 1 aromatic carbocycles. The number of benzene rings is 1. The van der Waals surface area contributed by atoms with Gasteiger partial charge >= 0.3 is 0 Å². The SMILES string of the molecule is Cc1ccc(C(Cl)(Cl)C(Cl)(Cl)C(Cl)(Cl)C(Cl)(Cl)Cl)cc1C(Cl)(Cl)C(Cl)(Cl)C(Cl)(Cl)C(Cl)(Cl)Cl. The standard InChI is InChI=1S/C15H6Cl18/c1-5-2-3-6(8(16,17)10(20,21)12(24,25)14(28,29)30)4-7(5)9(18,19)11(22,23)13(26,27)15(31,32)33/h2-4H,1H3. The fraction of sp³-hybridized carbons (Fsp3) is 0.600. The van der Waals surface area contributed by atoms with Gasteiger partial charge in [-0.2, -0.15) is 0 Å². The summed E-state index contributed by atoms with van der Waals surface area (Å²) >= 11 is 111. The van der Waals surface area contributed by atoms with Crippen molar-refractivity contribution < 1.29 is 0 Å². The minimum atomic E-state index is -2.57. The molecule has 0 aliphatic rings. The maximum Gasteiger partial charge on any atom is 0.226 e. The molecule has 18 heteroatoms. The Bertz CT molecular complexity index is 872. The van der Waals surface area contributed by atoms with Crippen LogP contribution in [-0.4, -0.2) is 24.9 Å². The van der Waals surface area contributed by atoms with Crippen LogP contribution in [0.2, 0.25) is 0 Å². The summed E-state index contributed by atoms with van der Waals surface area (Å²) in [5, 5.41) is 0. The Morgan fingerprint density at radius 2 is 0.788 bits per heavy atom. The maximum atomic E-state index is 6.54. The van der Waals surface area contributed by atoms with Crippen LogP contribution in [0.1, 0.15) is 16.7 Å². The average molecular weight is 824 g/mol. The van der Waals surface area contributed by atoms with Gasteiger partial charge in [0.1, 0.15) is 0 Å². The van der Waals surface area contributed by atoms with Crippen molar-refractivity contribution in [2.75, 3.05) is 0 Å². The molecule has 0 N–H and O–H groups in total. The van der Waals surface area contributed by atoms with E-state index >= 15 is 0 Å². The maximum absolute atomic E-state index is 6.54. The Morgan fingerprint density at radius 1 is 0.455 bits per heavy atom. The van der Waals surface area contributed by atoms with E-state index in [-0.39, 0.29) is 11.1 Å². The second-order valence-corrected chi connectivity index (χ2v) is 19.0. The zero-order valence-corrected chi connectivity index (χ0v) is 28.6. The highest BCUT2D eigenvalue weighted by Crippen LogP contribution is 2.67. The number of aryl methyl sites for hydroxylation is 1. The number of hydrogen-bond donors (Lipinski definition) is 0. The van der Waals surface area contributed by atoms with Crippen LogP contribution < -0.4 is 0 Å². The van der Waals surface area contributed by atoms with Gasteiger partial charge in [-0.3, -0.25) is 0 Å². The summed E-state index contributed by atoms with van der Waals surface area (Å²) in [6.07, 6.45) is 0. The van der Waals surface area contributed by atoms with Crippen LogP contribution in [-0.2, 0) is 8.67 Å². The van der Waals surface area contributed by atoms with E-state index in [0.717, 1.165) is 0 Å². The lowest BCUT2D eigenvalue weighted by molar-refractivity contribution is 0.588. The first-order chi connectivity index (χ1) is 14.1. The molecule has 0 fully saturated rings. The van der Waals surface area contributed by atoms with Crippen LogP contribution >= 0.6 is 209 Å². The molecule has 0 atom stereocenters. The second-order valence-electron chi connectivity index (χ2n) is 6.47. The van der Waals surface area contributed by atoms with E-state index in [1.165, 1.54) is 18.2 Å². The summed E-state index contributed by atoms with van der Waals surface area (Å²) in [4.78, 5) is 0. The minimum absolute atomic E-state index is 0.0494. The quantitative estimate of drug-likeness (QED) is 0.251.